The molecule has 0 bridgehead atoms. The van der Waals surface area contributed by atoms with Gasteiger partial charge in [0.15, 0.2) is 0 Å². The Morgan fingerprint density at radius 3 is 2.59 bits per heavy atom. The van der Waals surface area contributed by atoms with Gasteiger partial charge in [-0.2, -0.15) is 0 Å². The lowest BCUT2D eigenvalue weighted by atomic mass is 10.0. The van der Waals surface area contributed by atoms with Crippen molar-refractivity contribution in [2.75, 3.05) is 0 Å². The number of hydrogen-bond donors (Lipinski definition) is 1. The highest BCUT2D eigenvalue weighted by atomic mass is 127. The Balaban J connectivity index is 2.17. The number of benzene rings is 2. The van der Waals surface area contributed by atoms with E-state index < -0.39 is 6.10 Å². The molecule has 1 N–H and O–H groups in total. The average molecular weight is 403 g/mol. The lowest BCUT2D eigenvalue weighted by Gasteiger charge is -2.12. The summed E-state index contributed by atoms with van der Waals surface area (Å²) in [5.41, 5.74) is 2.09. The van der Waals surface area contributed by atoms with E-state index in [9.17, 15) is 5.11 Å². The summed E-state index contributed by atoms with van der Waals surface area (Å²) in [5.74, 6) is 0. The molecule has 2 aromatic carbocycles. The van der Waals surface area contributed by atoms with E-state index in [1.54, 1.807) is 0 Å². The molecule has 1 nitrogen and oxygen atoms in total. The minimum Gasteiger partial charge on any atom is -0.388 e. The van der Waals surface area contributed by atoms with Crippen molar-refractivity contribution >= 4 is 38.5 Å². The average Bonchev–Trinajstić information content (AvgIpc) is 2.32. The molecular formula is C14H12BrIO. The van der Waals surface area contributed by atoms with Crippen LogP contribution in [0.3, 0.4) is 0 Å². The standard InChI is InChI=1S/C14H12BrIO/c15-13-7-2-1-4-10(13)9-14(17)11-5-3-6-12(16)8-11/h1-8,14,17H,9H2. The summed E-state index contributed by atoms with van der Waals surface area (Å²) in [7, 11) is 0. The maximum atomic E-state index is 10.2. The highest BCUT2D eigenvalue weighted by Gasteiger charge is 2.10. The first-order valence-electron chi connectivity index (χ1n) is 5.34. The summed E-state index contributed by atoms with van der Waals surface area (Å²) >= 11 is 5.76. The van der Waals surface area contributed by atoms with E-state index in [4.69, 9.17) is 0 Å². The fourth-order valence-electron chi connectivity index (χ4n) is 1.70. The van der Waals surface area contributed by atoms with Crippen molar-refractivity contribution in [3.8, 4) is 0 Å². The third kappa shape index (κ3) is 3.53. The molecule has 1 unspecified atom stereocenters. The van der Waals surface area contributed by atoms with Crippen LogP contribution in [0.5, 0.6) is 0 Å². The molecule has 0 amide bonds. The van der Waals surface area contributed by atoms with Crippen LogP contribution in [-0.2, 0) is 6.42 Å². The second kappa shape index (κ2) is 5.98. The smallest absolute Gasteiger partial charge is 0.0831 e. The molecule has 88 valence electrons. The van der Waals surface area contributed by atoms with Gasteiger partial charge in [-0.3, -0.25) is 0 Å². The maximum Gasteiger partial charge on any atom is 0.0831 e. The maximum absolute atomic E-state index is 10.2. The molecule has 2 rings (SSSR count). The molecular weight excluding hydrogens is 391 g/mol. The van der Waals surface area contributed by atoms with Crippen LogP contribution >= 0.6 is 38.5 Å². The Morgan fingerprint density at radius 2 is 1.88 bits per heavy atom. The van der Waals surface area contributed by atoms with Gasteiger partial charge in [0.2, 0.25) is 0 Å². The first-order chi connectivity index (χ1) is 8.16. The zero-order chi connectivity index (χ0) is 12.3. The van der Waals surface area contributed by atoms with Crippen molar-refractivity contribution in [3.05, 3.63) is 67.7 Å². The van der Waals surface area contributed by atoms with Gasteiger partial charge < -0.3 is 5.11 Å². The highest BCUT2D eigenvalue weighted by Crippen LogP contribution is 2.24. The fraction of sp³-hybridized carbons (Fsp3) is 0.143. The van der Waals surface area contributed by atoms with Gasteiger partial charge in [-0.1, -0.05) is 46.3 Å². The predicted octanol–water partition coefficient (Wildman–Crippen LogP) is 4.33. The Kier molecular flexibility index (Phi) is 4.59. The van der Waals surface area contributed by atoms with Crippen molar-refractivity contribution in [3.63, 3.8) is 0 Å². The topological polar surface area (TPSA) is 20.2 Å². The fourth-order valence-corrected chi connectivity index (χ4v) is 2.72. The van der Waals surface area contributed by atoms with Crippen LogP contribution in [0.2, 0.25) is 0 Å². The van der Waals surface area contributed by atoms with Crippen molar-refractivity contribution in [1.29, 1.82) is 0 Å². The number of halogens is 2. The Hall–Kier alpha value is -0.390. The predicted molar refractivity (Wildman–Crippen MR) is 82.0 cm³/mol. The summed E-state index contributed by atoms with van der Waals surface area (Å²) in [4.78, 5) is 0. The summed E-state index contributed by atoms with van der Waals surface area (Å²) in [5, 5.41) is 10.2. The summed E-state index contributed by atoms with van der Waals surface area (Å²) in [6.45, 7) is 0. The number of hydrogen-bond acceptors (Lipinski definition) is 1. The van der Waals surface area contributed by atoms with Crippen LogP contribution in [0.4, 0.5) is 0 Å². The molecule has 0 aromatic heterocycles. The van der Waals surface area contributed by atoms with Crippen LogP contribution in [0.25, 0.3) is 0 Å². The molecule has 0 fully saturated rings. The van der Waals surface area contributed by atoms with Gasteiger partial charge in [0.05, 0.1) is 6.10 Å². The van der Waals surface area contributed by atoms with E-state index in [-0.39, 0.29) is 0 Å². The lowest BCUT2D eigenvalue weighted by molar-refractivity contribution is 0.178. The van der Waals surface area contributed by atoms with Crippen molar-refractivity contribution in [2.45, 2.75) is 12.5 Å². The Labute approximate surface area is 123 Å². The van der Waals surface area contributed by atoms with Gasteiger partial charge in [0.25, 0.3) is 0 Å². The zero-order valence-electron chi connectivity index (χ0n) is 9.11. The number of aliphatic hydroxyl groups excluding tert-OH is 1. The van der Waals surface area contributed by atoms with Gasteiger partial charge in [-0.05, 0) is 51.9 Å². The van der Waals surface area contributed by atoms with E-state index in [2.05, 4.69) is 38.5 Å². The van der Waals surface area contributed by atoms with Gasteiger partial charge >= 0.3 is 0 Å². The first-order valence-corrected chi connectivity index (χ1v) is 7.21. The van der Waals surface area contributed by atoms with Crippen LogP contribution in [-0.4, -0.2) is 5.11 Å². The second-order valence-electron chi connectivity index (χ2n) is 3.87. The van der Waals surface area contributed by atoms with E-state index >= 15 is 0 Å². The summed E-state index contributed by atoms with van der Waals surface area (Å²) in [6, 6.07) is 16.0. The SMILES string of the molecule is OC(Cc1ccccc1Br)c1cccc(I)c1. The monoisotopic (exact) mass is 402 g/mol. The molecule has 2 aromatic rings. The van der Waals surface area contributed by atoms with Crippen LogP contribution in [0.15, 0.2) is 53.0 Å². The molecule has 0 radical (unpaired) electrons. The van der Waals surface area contributed by atoms with E-state index in [0.717, 1.165) is 19.2 Å². The molecule has 0 aliphatic heterocycles. The van der Waals surface area contributed by atoms with Crippen molar-refractivity contribution in [1.82, 2.24) is 0 Å². The first kappa shape index (κ1) is 13.1. The second-order valence-corrected chi connectivity index (χ2v) is 5.97. The lowest BCUT2D eigenvalue weighted by Crippen LogP contribution is -2.02. The molecule has 17 heavy (non-hydrogen) atoms. The number of aliphatic hydroxyl groups is 1. The van der Waals surface area contributed by atoms with E-state index in [0.29, 0.717) is 6.42 Å². The Bertz CT molecular complexity index is 513. The van der Waals surface area contributed by atoms with Gasteiger partial charge in [0, 0.05) is 14.5 Å². The molecule has 0 aliphatic carbocycles. The molecule has 0 spiro atoms. The van der Waals surface area contributed by atoms with E-state index in [1.165, 1.54) is 0 Å². The molecule has 1 atom stereocenters. The summed E-state index contributed by atoms with van der Waals surface area (Å²) < 4.78 is 2.19. The van der Waals surface area contributed by atoms with Crippen LogP contribution in [0.1, 0.15) is 17.2 Å². The molecule has 0 saturated carbocycles. The Morgan fingerprint density at radius 1 is 1.12 bits per heavy atom. The third-order valence-corrected chi connectivity index (χ3v) is 4.05. The molecule has 0 aliphatic rings. The van der Waals surface area contributed by atoms with Gasteiger partial charge in [0.1, 0.15) is 0 Å². The zero-order valence-corrected chi connectivity index (χ0v) is 12.8. The molecule has 0 heterocycles. The minimum atomic E-state index is -0.455. The largest absolute Gasteiger partial charge is 0.388 e. The van der Waals surface area contributed by atoms with E-state index in [1.807, 2.05) is 48.5 Å². The highest BCUT2D eigenvalue weighted by molar-refractivity contribution is 14.1. The van der Waals surface area contributed by atoms with Crippen LogP contribution < -0.4 is 0 Å². The molecule has 3 heteroatoms. The normalized spacial score (nSPS) is 12.4. The van der Waals surface area contributed by atoms with Gasteiger partial charge in [-0.25, -0.2) is 0 Å². The van der Waals surface area contributed by atoms with Crippen molar-refractivity contribution < 1.29 is 5.11 Å². The van der Waals surface area contributed by atoms with Crippen LogP contribution in [0, 0.1) is 3.57 Å². The summed E-state index contributed by atoms with van der Waals surface area (Å²) in [6.07, 6.45) is 0.171. The molecule has 0 saturated heterocycles. The quantitative estimate of drug-likeness (QED) is 0.757. The third-order valence-electron chi connectivity index (χ3n) is 2.60. The number of rotatable bonds is 3. The van der Waals surface area contributed by atoms with Gasteiger partial charge in [-0.15, -0.1) is 0 Å². The van der Waals surface area contributed by atoms with Crippen molar-refractivity contribution in [2.24, 2.45) is 0 Å². The minimum absolute atomic E-state index is 0.455.